The van der Waals surface area contributed by atoms with Crippen molar-refractivity contribution >= 4 is 12.6 Å². The normalized spacial score (nSPS) is 17.1. The number of rotatable bonds is 7. The van der Waals surface area contributed by atoms with E-state index in [1.165, 1.54) is 24.8 Å². The maximum absolute atomic E-state index is 8.81. The first-order valence-electron chi connectivity index (χ1n) is 5.40. The molecule has 2 nitrogen and oxygen atoms in total. The van der Waals surface area contributed by atoms with E-state index in [-0.39, 0.29) is 6.61 Å². The minimum absolute atomic E-state index is 0.288. The summed E-state index contributed by atoms with van der Waals surface area (Å²) < 4.78 is 0. The number of aliphatic hydroxyl groups is 1. The highest BCUT2D eigenvalue weighted by Gasteiger charge is 2.24. The van der Waals surface area contributed by atoms with Gasteiger partial charge in [-0.1, -0.05) is 18.6 Å². The lowest BCUT2D eigenvalue weighted by Gasteiger charge is -2.37. The molecule has 0 heterocycles. The summed E-state index contributed by atoms with van der Waals surface area (Å²) in [6.07, 6.45) is 4.85. The number of hydrogen-bond donors (Lipinski definition) is 2. The van der Waals surface area contributed by atoms with Gasteiger partial charge in [0.05, 0.1) is 0 Å². The van der Waals surface area contributed by atoms with E-state index in [9.17, 15) is 0 Å². The lowest BCUT2D eigenvalue weighted by molar-refractivity contribution is 0.127. The van der Waals surface area contributed by atoms with Crippen molar-refractivity contribution in [3.8, 4) is 0 Å². The Morgan fingerprint density at radius 2 is 2.21 bits per heavy atom. The molecule has 1 fully saturated rings. The van der Waals surface area contributed by atoms with Crippen molar-refractivity contribution in [2.45, 2.75) is 31.7 Å². The molecule has 1 aliphatic carbocycles. The first kappa shape index (κ1) is 12.1. The summed E-state index contributed by atoms with van der Waals surface area (Å²) in [6.45, 7) is 6.22. The van der Waals surface area contributed by atoms with Gasteiger partial charge >= 0.3 is 0 Å². The Hall–Kier alpha value is 0.01000. The number of thiol groups is 1. The van der Waals surface area contributed by atoms with Crippen LogP contribution >= 0.6 is 12.6 Å². The smallest absolute Gasteiger partial charge is 0.0443 e. The lowest BCUT2D eigenvalue weighted by Crippen LogP contribution is -2.42. The monoisotopic (exact) mass is 215 g/mol. The topological polar surface area (TPSA) is 23.5 Å². The van der Waals surface area contributed by atoms with Crippen molar-refractivity contribution in [1.82, 2.24) is 4.90 Å². The Bertz CT molecular complexity index is 180. The molecule has 0 saturated heterocycles. The fraction of sp³-hybridized carbons (Fsp3) is 0.818. The molecule has 0 bridgehead atoms. The van der Waals surface area contributed by atoms with Crippen LogP contribution in [0.4, 0.5) is 0 Å². The largest absolute Gasteiger partial charge is 0.396 e. The average molecular weight is 215 g/mol. The van der Waals surface area contributed by atoms with E-state index < -0.39 is 0 Å². The van der Waals surface area contributed by atoms with Crippen LogP contribution in [-0.4, -0.2) is 41.5 Å². The van der Waals surface area contributed by atoms with Crippen LogP contribution in [0.2, 0.25) is 0 Å². The summed E-state index contributed by atoms with van der Waals surface area (Å²) in [6, 6.07) is 0.734. The zero-order valence-electron chi connectivity index (χ0n) is 8.78. The molecule has 0 amide bonds. The van der Waals surface area contributed by atoms with Crippen LogP contribution in [0.3, 0.4) is 0 Å². The Labute approximate surface area is 92.4 Å². The van der Waals surface area contributed by atoms with E-state index in [0.29, 0.717) is 0 Å². The predicted molar refractivity (Wildman–Crippen MR) is 63.9 cm³/mol. The van der Waals surface area contributed by atoms with Crippen molar-refractivity contribution in [2.24, 2.45) is 0 Å². The van der Waals surface area contributed by atoms with Crippen LogP contribution in [0.5, 0.6) is 0 Å². The average Bonchev–Trinajstić information content (AvgIpc) is 2.11. The van der Waals surface area contributed by atoms with E-state index in [1.807, 2.05) is 0 Å². The van der Waals surface area contributed by atoms with Crippen LogP contribution in [0.1, 0.15) is 25.7 Å². The number of hydrogen-bond acceptors (Lipinski definition) is 3. The van der Waals surface area contributed by atoms with Gasteiger partial charge < -0.3 is 5.11 Å². The van der Waals surface area contributed by atoms with Crippen molar-refractivity contribution in [1.29, 1.82) is 0 Å². The van der Waals surface area contributed by atoms with Crippen molar-refractivity contribution in [3.63, 3.8) is 0 Å². The SMILES string of the molecule is C=C(CS)CN(CCCO)C1CCC1. The summed E-state index contributed by atoms with van der Waals surface area (Å²) in [5.74, 6) is 0.766. The molecule has 1 saturated carbocycles. The molecule has 0 spiro atoms. The highest BCUT2D eigenvalue weighted by molar-refractivity contribution is 7.80. The second kappa shape index (κ2) is 6.49. The summed E-state index contributed by atoms with van der Waals surface area (Å²) in [7, 11) is 0. The fourth-order valence-electron chi connectivity index (χ4n) is 1.75. The van der Waals surface area contributed by atoms with Crippen LogP contribution in [0.25, 0.3) is 0 Å². The fourth-order valence-corrected chi connectivity index (χ4v) is 1.85. The van der Waals surface area contributed by atoms with Crippen molar-refractivity contribution in [3.05, 3.63) is 12.2 Å². The zero-order chi connectivity index (χ0) is 10.4. The number of aliphatic hydroxyl groups excluding tert-OH is 1. The first-order valence-corrected chi connectivity index (χ1v) is 6.03. The minimum Gasteiger partial charge on any atom is -0.396 e. The maximum atomic E-state index is 8.81. The molecule has 1 N–H and O–H groups in total. The van der Waals surface area contributed by atoms with E-state index in [4.69, 9.17) is 5.11 Å². The molecule has 3 heteroatoms. The molecular weight excluding hydrogens is 194 g/mol. The number of nitrogens with zero attached hydrogens (tertiary/aromatic N) is 1. The maximum Gasteiger partial charge on any atom is 0.0443 e. The van der Waals surface area contributed by atoms with Gasteiger partial charge in [0.15, 0.2) is 0 Å². The summed E-state index contributed by atoms with van der Waals surface area (Å²) in [5.41, 5.74) is 1.18. The van der Waals surface area contributed by atoms with Crippen molar-refractivity contribution < 1.29 is 5.11 Å². The van der Waals surface area contributed by atoms with Crippen LogP contribution < -0.4 is 0 Å². The van der Waals surface area contributed by atoms with Gasteiger partial charge in [-0.15, -0.1) is 0 Å². The standard InChI is InChI=1S/C11H21NOS/c1-10(9-14)8-12(6-3-7-13)11-4-2-5-11/h11,13-14H,1-9H2. The molecule has 14 heavy (non-hydrogen) atoms. The Balaban J connectivity index is 2.31. The van der Waals surface area contributed by atoms with Crippen LogP contribution in [-0.2, 0) is 0 Å². The highest BCUT2D eigenvalue weighted by atomic mass is 32.1. The third-order valence-electron chi connectivity index (χ3n) is 2.84. The third-order valence-corrected chi connectivity index (χ3v) is 3.29. The van der Waals surface area contributed by atoms with Gasteiger partial charge in [-0.2, -0.15) is 12.6 Å². The molecule has 82 valence electrons. The molecule has 0 radical (unpaired) electrons. The zero-order valence-corrected chi connectivity index (χ0v) is 9.68. The first-order chi connectivity index (χ1) is 6.77. The molecule has 0 aliphatic heterocycles. The Morgan fingerprint density at radius 1 is 1.50 bits per heavy atom. The van der Waals surface area contributed by atoms with Crippen molar-refractivity contribution in [2.75, 3.05) is 25.4 Å². The molecular formula is C11H21NOS. The van der Waals surface area contributed by atoms with Crippen LogP contribution in [0.15, 0.2) is 12.2 Å². The van der Waals surface area contributed by atoms with Gasteiger partial charge in [0.1, 0.15) is 0 Å². The molecule has 0 atom stereocenters. The summed E-state index contributed by atoms with van der Waals surface area (Å²) >= 11 is 4.22. The summed E-state index contributed by atoms with van der Waals surface area (Å²) in [4.78, 5) is 2.44. The molecule has 0 aromatic heterocycles. The molecule has 0 aromatic rings. The molecule has 0 aromatic carbocycles. The quantitative estimate of drug-likeness (QED) is 0.499. The van der Waals surface area contributed by atoms with E-state index in [0.717, 1.165) is 31.3 Å². The Kier molecular flexibility index (Phi) is 5.60. The van der Waals surface area contributed by atoms with Gasteiger partial charge in [-0.3, -0.25) is 4.90 Å². The van der Waals surface area contributed by atoms with Crippen LogP contribution in [0, 0.1) is 0 Å². The Morgan fingerprint density at radius 3 is 2.64 bits per heavy atom. The van der Waals surface area contributed by atoms with E-state index in [2.05, 4.69) is 24.1 Å². The predicted octanol–water partition coefficient (Wildman–Crippen LogP) is 1.71. The van der Waals surface area contributed by atoms with Gasteiger partial charge in [-0.25, -0.2) is 0 Å². The third kappa shape index (κ3) is 3.64. The molecule has 0 unspecified atom stereocenters. The van der Waals surface area contributed by atoms with Gasteiger partial charge in [0, 0.05) is 31.5 Å². The second-order valence-corrected chi connectivity index (χ2v) is 4.36. The van der Waals surface area contributed by atoms with Gasteiger partial charge in [0.25, 0.3) is 0 Å². The highest BCUT2D eigenvalue weighted by Crippen LogP contribution is 2.25. The summed E-state index contributed by atoms with van der Waals surface area (Å²) in [5, 5.41) is 8.81. The van der Waals surface area contributed by atoms with E-state index >= 15 is 0 Å². The lowest BCUT2D eigenvalue weighted by atomic mass is 9.91. The van der Waals surface area contributed by atoms with E-state index in [1.54, 1.807) is 0 Å². The van der Waals surface area contributed by atoms with Gasteiger partial charge in [0.2, 0.25) is 0 Å². The minimum atomic E-state index is 0.288. The molecule has 1 aliphatic rings. The molecule has 1 rings (SSSR count). The second-order valence-electron chi connectivity index (χ2n) is 4.04. The van der Waals surface area contributed by atoms with Gasteiger partial charge in [-0.05, 0) is 19.3 Å².